The van der Waals surface area contributed by atoms with Gasteiger partial charge in [-0.2, -0.15) is 0 Å². The van der Waals surface area contributed by atoms with E-state index in [4.69, 9.17) is 28.2 Å². The first-order valence-corrected chi connectivity index (χ1v) is 11.9. The Kier molecular flexibility index (Phi) is 6.53. The smallest absolute Gasteiger partial charge is 0.250 e. The summed E-state index contributed by atoms with van der Waals surface area (Å²) in [6.07, 6.45) is 2.25. The number of nitrogens with one attached hydrogen (secondary N) is 1. The molecule has 1 N–H and O–H groups in total. The molecule has 6 nitrogen and oxygen atoms in total. The highest BCUT2D eigenvalue weighted by Gasteiger charge is 2.25. The van der Waals surface area contributed by atoms with Crippen molar-refractivity contribution in [1.82, 2.24) is 9.29 Å². The Bertz CT molecular complexity index is 1350. The lowest BCUT2D eigenvalue weighted by Crippen LogP contribution is -2.17. The first-order valence-electron chi connectivity index (χ1n) is 10.00. The number of aromatic nitrogens is 1. The van der Waals surface area contributed by atoms with Gasteiger partial charge in [0, 0.05) is 52.6 Å². The summed E-state index contributed by atoms with van der Waals surface area (Å²) in [5.74, 6) is 0. The lowest BCUT2D eigenvalue weighted by atomic mass is 9.90. The lowest BCUT2D eigenvalue weighted by Gasteiger charge is -2.16. The summed E-state index contributed by atoms with van der Waals surface area (Å²) in [7, 11) is -0.965. The molecule has 0 saturated heterocycles. The predicted octanol–water partition coefficient (Wildman–Crippen LogP) is 3.93. The molecule has 0 bridgehead atoms. The van der Waals surface area contributed by atoms with Gasteiger partial charge in [-0.05, 0) is 54.3 Å². The summed E-state index contributed by atoms with van der Waals surface area (Å²) in [6, 6.07) is 12.6. The minimum Gasteiger partial charge on any atom is -0.318 e. The molecule has 4 rings (SSSR count). The van der Waals surface area contributed by atoms with Crippen LogP contribution < -0.4 is 10.3 Å². The van der Waals surface area contributed by atoms with Crippen molar-refractivity contribution in [2.45, 2.75) is 19.4 Å². The van der Waals surface area contributed by atoms with Gasteiger partial charge in [-0.1, -0.05) is 35.3 Å². The van der Waals surface area contributed by atoms with E-state index in [0.717, 1.165) is 39.1 Å². The number of fused-ring (bicyclic) bond motifs is 3. The van der Waals surface area contributed by atoms with Gasteiger partial charge >= 0.3 is 0 Å². The van der Waals surface area contributed by atoms with Crippen LogP contribution in [-0.4, -0.2) is 25.2 Å². The largest absolute Gasteiger partial charge is 0.318 e. The van der Waals surface area contributed by atoms with Crippen LogP contribution in [0.15, 0.2) is 58.4 Å². The van der Waals surface area contributed by atoms with Crippen LogP contribution in [0.3, 0.4) is 0 Å². The number of hydrogen-bond donors (Lipinski definition) is 2. The molecule has 0 amide bonds. The van der Waals surface area contributed by atoms with Crippen LogP contribution in [-0.2, 0) is 24.4 Å². The molecule has 0 fully saturated rings. The molecular formula is C23H21Cl2N3O3S. The molecule has 2 heterocycles. The minimum absolute atomic E-state index is 0.111. The summed E-state index contributed by atoms with van der Waals surface area (Å²) in [5, 5.41) is 1.15. The van der Waals surface area contributed by atoms with Crippen LogP contribution in [0.5, 0.6) is 0 Å². The Morgan fingerprint density at radius 1 is 1.06 bits per heavy atom. The Balaban J connectivity index is 1.96. The van der Waals surface area contributed by atoms with Crippen LogP contribution in [0.4, 0.5) is 0 Å². The molecular weight excluding hydrogens is 469 g/mol. The molecule has 1 aliphatic rings. The fraction of sp³-hybridized carbons (Fsp3) is 0.217. The van der Waals surface area contributed by atoms with Crippen molar-refractivity contribution in [1.29, 1.82) is 0 Å². The molecule has 1 atom stereocenters. The quantitative estimate of drug-likeness (QED) is 0.532. The molecule has 2 aromatic carbocycles. The van der Waals surface area contributed by atoms with E-state index in [1.807, 2.05) is 49.5 Å². The summed E-state index contributed by atoms with van der Waals surface area (Å²) >= 11 is 12.7. The summed E-state index contributed by atoms with van der Waals surface area (Å²) in [5.41, 5.74) is 5.78. The molecule has 9 heteroatoms. The number of benzene rings is 2. The second-order valence-corrected chi connectivity index (χ2v) is 9.33. The molecule has 0 aliphatic carbocycles. The zero-order valence-electron chi connectivity index (χ0n) is 17.4. The summed E-state index contributed by atoms with van der Waals surface area (Å²) in [6.45, 7) is 2.20. The third-order valence-electron chi connectivity index (χ3n) is 5.52. The van der Waals surface area contributed by atoms with Crippen LogP contribution in [0.1, 0.15) is 35.2 Å². The van der Waals surface area contributed by atoms with Gasteiger partial charge in [0.1, 0.15) is 0 Å². The van der Waals surface area contributed by atoms with E-state index in [-0.39, 0.29) is 18.1 Å². The number of aliphatic imine (C=N–C) groups is 1. The normalized spacial score (nSPS) is 15.2. The van der Waals surface area contributed by atoms with Crippen molar-refractivity contribution < 1.29 is 8.42 Å². The topological polar surface area (TPSA) is 80.5 Å². The molecule has 0 radical (unpaired) electrons. The van der Waals surface area contributed by atoms with Crippen LogP contribution >= 0.6 is 23.2 Å². The molecule has 1 aliphatic heterocycles. The third-order valence-corrected chi connectivity index (χ3v) is 6.60. The van der Waals surface area contributed by atoms with E-state index < -0.39 is 10.9 Å². The van der Waals surface area contributed by atoms with E-state index in [1.165, 1.54) is 0 Å². The average Bonchev–Trinajstić information content (AvgIpc) is 2.84. The van der Waals surface area contributed by atoms with E-state index in [2.05, 4.69) is 4.72 Å². The highest BCUT2D eigenvalue weighted by Crippen LogP contribution is 2.39. The average molecular weight is 490 g/mol. The van der Waals surface area contributed by atoms with Crippen LogP contribution in [0.25, 0.3) is 11.1 Å². The number of pyridine rings is 1. The highest BCUT2D eigenvalue weighted by atomic mass is 35.5. The van der Waals surface area contributed by atoms with Gasteiger partial charge in [0.25, 0.3) is 5.56 Å². The Hall–Kier alpha value is -2.45. The summed E-state index contributed by atoms with van der Waals surface area (Å²) < 4.78 is 25.7. The minimum atomic E-state index is -2.68. The van der Waals surface area contributed by atoms with Crippen molar-refractivity contribution in [3.05, 3.63) is 91.3 Å². The highest BCUT2D eigenvalue weighted by molar-refractivity contribution is 7.70. The standard InChI is InChI=1S/C23H21Cl2N3O3S/c1-13-17-11-22(29)28(2)12-20(17)18-9-15(7-8-26-32(30)31)21(25)10-19(18)23(27-13)14-3-5-16(24)6-4-14/h3-6,9-13,32H,7-8H2,1-2H3,(H,26,30,31)/t13-/m0/s1. The maximum Gasteiger partial charge on any atom is 0.250 e. The van der Waals surface area contributed by atoms with Crippen molar-refractivity contribution in [2.75, 3.05) is 6.54 Å². The Labute approximate surface area is 197 Å². The molecule has 0 unspecified atom stereocenters. The fourth-order valence-corrected chi connectivity index (χ4v) is 4.57. The second kappa shape index (κ2) is 9.19. The van der Waals surface area contributed by atoms with Crippen LogP contribution in [0.2, 0.25) is 10.0 Å². The predicted molar refractivity (Wildman–Crippen MR) is 130 cm³/mol. The zero-order chi connectivity index (χ0) is 23.0. The molecule has 3 aromatic rings. The zero-order valence-corrected chi connectivity index (χ0v) is 19.8. The molecule has 32 heavy (non-hydrogen) atoms. The van der Waals surface area contributed by atoms with Crippen molar-refractivity contribution in [3.8, 4) is 11.1 Å². The van der Waals surface area contributed by atoms with Gasteiger partial charge < -0.3 is 4.57 Å². The Morgan fingerprint density at radius 3 is 2.47 bits per heavy atom. The van der Waals surface area contributed by atoms with Crippen molar-refractivity contribution in [2.24, 2.45) is 12.0 Å². The van der Waals surface area contributed by atoms with Gasteiger partial charge in [0.15, 0.2) is 0 Å². The number of hydrogen-bond acceptors (Lipinski definition) is 4. The monoisotopic (exact) mass is 489 g/mol. The number of thiol groups is 1. The second-order valence-electron chi connectivity index (χ2n) is 7.66. The maximum atomic E-state index is 12.4. The van der Waals surface area contributed by atoms with Gasteiger partial charge in [0.2, 0.25) is 10.9 Å². The SMILES string of the molecule is C[C@@H]1N=C(c2ccc(Cl)cc2)c2cc(Cl)c(CCN[SH](=O)=O)cc2-c2cn(C)c(=O)cc21. The third kappa shape index (κ3) is 4.52. The van der Waals surface area contributed by atoms with Crippen molar-refractivity contribution >= 4 is 39.8 Å². The van der Waals surface area contributed by atoms with Crippen molar-refractivity contribution in [3.63, 3.8) is 0 Å². The number of halogens is 2. The number of rotatable bonds is 5. The molecule has 1 aromatic heterocycles. The van der Waals surface area contributed by atoms with Gasteiger partial charge in [-0.3, -0.25) is 9.79 Å². The van der Waals surface area contributed by atoms with Gasteiger partial charge in [-0.25, -0.2) is 13.1 Å². The lowest BCUT2D eigenvalue weighted by molar-refractivity contribution is 0.602. The van der Waals surface area contributed by atoms with Crippen LogP contribution in [0, 0.1) is 0 Å². The molecule has 0 spiro atoms. The van der Waals surface area contributed by atoms with E-state index >= 15 is 0 Å². The fourth-order valence-electron chi connectivity index (χ4n) is 3.90. The molecule has 166 valence electrons. The maximum absolute atomic E-state index is 12.4. The van der Waals surface area contributed by atoms with E-state index in [9.17, 15) is 13.2 Å². The van der Waals surface area contributed by atoms with E-state index in [1.54, 1.807) is 17.7 Å². The first kappa shape index (κ1) is 22.7. The van der Waals surface area contributed by atoms with E-state index in [0.29, 0.717) is 16.5 Å². The summed E-state index contributed by atoms with van der Waals surface area (Å²) in [4.78, 5) is 17.3. The number of nitrogens with zero attached hydrogens (tertiary/aromatic N) is 2. The van der Waals surface area contributed by atoms with Gasteiger partial charge in [-0.15, -0.1) is 0 Å². The molecule has 0 saturated carbocycles. The Morgan fingerprint density at radius 2 is 1.78 bits per heavy atom. The van der Waals surface area contributed by atoms with Gasteiger partial charge in [0.05, 0.1) is 11.8 Å². The number of aryl methyl sites for hydroxylation is 1. The first-order chi connectivity index (χ1) is 15.2.